The first-order valence-corrected chi connectivity index (χ1v) is 6.92. The van der Waals surface area contributed by atoms with Gasteiger partial charge in [0.2, 0.25) is 0 Å². The number of rotatable bonds is 2. The summed E-state index contributed by atoms with van der Waals surface area (Å²) in [6.07, 6.45) is 0. The highest BCUT2D eigenvalue weighted by Crippen LogP contribution is 2.15. The van der Waals surface area contributed by atoms with Crippen LogP contribution < -0.4 is 5.32 Å². The molecule has 0 spiro atoms. The van der Waals surface area contributed by atoms with Crippen molar-refractivity contribution in [2.45, 2.75) is 0 Å². The monoisotopic (exact) mass is 306 g/mol. The fourth-order valence-electron chi connectivity index (χ4n) is 2.49. The molecule has 1 atom stereocenters. The Kier molecular flexibility index (Phi) is 3.76. The average Bonchev–Trinajstić information content (AvgIpc) is 2.74. The zero-order chi connectivity index (χ0) is 15.7. The third-order valence-corrected chi connectivity index (χ3v) is 3.67. The summed E-state index contributed by atoms with van der Waals surface area (Å²) in [5.74, 6) is -2.31. The van der Waals surface area contributed by atoms with Crippen LogP contribution in [0.3, 0.4) is 0 Å². The largest absolute Gasteiger partial charge is 0.481 e. The number of nitrogens with one attached hydrogen (secondary N) is 2. The van der Waals surface area contributed by atoms with Crippen LogP contribution in [0, 0.1) is 11.7 Å². The number of aliphatic carboxylic acids is 1. The summed E-state index contributed by atoms with van der Waals surface area (Å²) in [6.45, 7) is 1.36. The molecule has 3 rings (SSSR count). The third kappa shape index (κ3) is 2.77. The number of fused-ring (bicyclic) bond motifs is 1. The average molecular weight is 306 g/mol. The molecule has 1 aromatic heterocycles. The summed E-state index contributed by atoms with van der Waals surface area (Å²) in [4.78, 5) is 32.0. The van der Waals surface area contributed by atoms with Crippen LogP contribution in [0.25, 0.3) is 11.0 Å². The van der Waals surface area contributed by atoms with Crippen LogP contribution in [0.5, 0.6) is 0 Å². The molecule has 2 heterocycles. The Morgan fingerprint density at radius 1 is 1.41 bits per heavy atom. The summed E-state index contributed by atoms with van der Waals surface area (Å²) in [6, 6.07) is 4.03. The van der Waals surface area contributed by atoms with Crippen molar-refractivity contribution < 1.29 is 19.1 Å². The number of aromatic nitrogens is 2. The number of carboxylic acids is 1. The third-order valence-electron chi connectivity index (χ3n) is 3.67. The van der Waals surface area contributed by atoms with E-state index in [-0.39, 0.29) is 18.3 Å². The van der Waals surface area contributed by atoms with Gasteiger partial charge in [-0.2, -0.15) is 0 Å². The molecule has 8 heteroatoms. The molecule has 0 saturated carbocycles. The first-order valence-electron chi connectivity index (χ1n) is 6.92. The standard InChI is InChI=1S/C14H15FN4O3/c15-9-1-2-10-11(5-9)18-12(17-10)13(20)19-4-3-16-6-8(7-19)14(21)22/h1-2,5,8,16H,3-4,6-7H2,(H,17,18)(H,21,22)/t8-/m1/s1. The van der Waals surface area contributed by atoms with Gasteiger partial charge in [0.25, 0.3) is 5.91 Å². The summed E-state index contributed by atoms with van der Waals surface area (Å²) in [5, 5.41) is 12.1. The minimum Gasteiger partial charge on any atom is -0.481 e. The lowest BCUT2D eigenvalue weighted by Gasteiger charge is -2.20. The van der Waals surface area contributed by atoms with E-state index >= 15 is 0 Å². The molecule has 0 bridgehead atoms. The lowest BCUT2D eigenvalue weighted by atomic mass is 10.1. The SMILES string of the molecule is O=C(O)[C@@H]1CNCCN(C(=O)c2nc3ccc(F)cc3[nH]2)C1. The molecule has 0 unspecified atom stereocenters. The van der Waals surface area contributed by atoms with Crippen molar-refractivity contribution in [1.82, 2.24) is 20.2 Å². The zero-order valence-corrected chi connectivity index (χ0v) is 11.7. The van der Waals surface area contributed by atoms with Gasteiger partial charge in [0.15, 0.2) is 5.82 Å². The summed E-state index contributed by atoms with van der Waals surface area (Å²) >= 11 is 0. The van der Waals surface area contributed by atoms with Gasteiger partial charge in [-0.1, -0.05) is 0 Å². The number of nitrogens with zero attached hydrogens (tertiary/aromatic N) is 2. The smallest absolute Gasteiger partial charge is 0.309 e. The van der Waals surface area contributed by atoms with E-state index in [1.165, 1.54) is 23.1 Å². The van der Waals surface area contributed by atoms with Crippen LogP contribution in [0.15, 0.2) is 18.2 Å². The van der Waals surface area contributed by atoms with Crippen LogP contribution in [0.2, 0.25) is 0 Å². The highest BCUT2D eigenvalue weighted by molar-refractivity contribution is 5.94. The Balaban J connectivity index is 1.85. The first-order chi connectivity index (χ1) is 10.5. The summed E-state index contributed by atoms with van der Waals surface area (Å²) < 4.78 is 13.2. The van der Waals surface area contributed by atoms with Crippen molar-refractivity contribution in [2.24, 2.45) is 5.92 Å². The second-order valence-corrected chi connectivity index (χ2v) is 5.24. The van der Waals surface area contributed by atoms with Crippen molar-refractivity contribution >= 4 is 22.9 Å². The number of benzene rings is 1. The van der Waals surface area contributed by atoms with Crippen molar-refractivity contribution in [3.8, 4) is 0 Å². The van der Waals surface area contributed by atoms with E-state index < -0.39 is 17.7 Å². The Hall–Kier alpha value is -2.48. The molecule has 116 valence electrons. The van der Waals surface area contributed by atoms with Crippen LogP contribution >= 0.6 is 0 Å². The maximum absolute atomic E-state index is 13.2. The van der Waals surface area contributed by atoms with Crippen molar-refractivity contribution in [1.29, 1.82) is 0 Å². The molecule has 1 amide bonds. The topological polar surface area (TPSA) is 98.3 Å². The van der Waals surface area contributed by atoms with Gasteiger partial charge in [0.1, 0.15) is 5.82 Å². The molecule has 1 aromatic carbocycles. The lowest BCUT2D eigenvalue weighted by molar-refractivity contribution is -0.141. The minimum absolute atomic E-state index is 0.0895. The Bertz CT molecular complexity index is 730. The van der Waals surface area contributed by atoms with E-state index in [0.29, 0.717) is 30.7 Å². The number of hydrogen-bond donors (Lipinski definition) is 3. The molecule has 1 aliphatic heterocycles. The minimum atomic E-state index is -0.945. The van der Waals surface area contributed by atoms with E-state index in [9.17, 15) is 14.0 Å². The summed E-state index contributed by atoms with van der Waals surface area (Å²) in [5.41, 5.74) is 0.929. The van der Waals surface area contributed by atoms with E-state index in [4.69, 9.17) is 5.11 Å². The molecule has 1 fully saturated rings. The second-order valence-electron chi connectivity index (χ2n) is 5.24. The number of amides is 1. The van der Waals surface area contributed by atoms with Crippen LogP contribution in [0.4, 0.5) is 4.39 Å². The molecule has 0 aliphatic carbocycles. The van der Waals surface area contributed by atoms with Gasteiger partial charge < -0.3 is 20.3 Å². The van der Waals surface area contributed by atoms with Gasteiger partial charge in [-0.3, -0.25) is 9.59 Å². The molecule has 2 aromatic rings. The first kappa shape index (κ1) is 14.5. The quantitative estimate of drug-likeness (QED) is 0.748. The molecular formula is C14H15FN4O3. The van der Waals surface area contributed by atoms with Gasteiger partial charge in [-0.25, -0.2) is 9.37 Å². The van der Waals surface area contributed by atoms with Gasteiger partial charge in [-0.15, -0.1) is 0 Å². The predicted octanol–water partition coefficient (Wildman–Crippen LogP) is 0.448. The van der Waals surface area contributed by atoms with Crippen molar-refractivity contribution in [2.75, 3.05) is 26.2 Å². The van der Waals surface area contributed by atoms with Gasteiger partial charge in [0, 0.05) is 26.2 Å². The van der Waals surface area contributed by atoms with Crippen molar-refractivity contribution in [3.05, 3.63) is 29.8 Å². The van der Waals surface area contributed by atoms with E-state index in [1.807, 2.05) is 0 Å². The number of H-pyrrole nitrogens is 1. The Labute approximate surface area is 125 Å². The molecular weight excluding hydrogens is 291 g/mol. The number of imidazole rings is 1. The van der Waals surface area contributed by atoms with Crippen LogP contribution in [-0.2, 0) is 4.79 Å². The van der Waals surface area contributed by atoms with Gasteiger partial charge in [-0.05, 0) is 18.2 Å². The number of hydrogen-bond acceptors (Lipinski definition) is 4. The number of aromatic amines is 1. The van der Waals surface area contributed by atoms with E-state index in [0.717, 1.165) is 0 Å². The molecule has 3 N–H and O–H groups in total. The Morgan fingerprint density at radius 3 is 3.00 bits per heavy atom. The molecule has 1 saturated heterocycles. The molecule has 0 radical (unpaired) electrons. The zero-order valence-electron chi connectivity index (χ0n) is 11.7. The normalized spacial score (nSPS) is 19.1. The molecule has 1 aliphatic rings. The maximum Gasteiger partial charge on any atom is 0.309 e. The highest BCUT2D eigenvalue weighted by Gasteiger charge is 2.28. The highest BCUT2D eigenvalue weighted by atomic mass is 19.1. The maximum atomic E-state index is 13.2. The number of carbonyl (C=O) groups excluding carboxylic acids is 1. The fraction of sp³-hybridized carbons (Fsp3) is 0.357. The molecule has 22 heavy (non-hydrogen) atoms. The van der Waals surface area contributed by atoms with Crippen LogP contribution in [0.1, 0.15) is 10.6 Å². The number of halogens is 1. The fourth-order valence-corrected chi connectivity index (χ4v) is 2.49. The second kappa shape index (κ2) is 5.72. The predicted molar refractivity (Wildman–Crippen MR) is 76.0 cm³/mol. The van der Waals surface area contributed by atoms with Gasteiger partial charge >= 0.3 is 5.97 Å². The van der Waals surface area contributed by atoms with E-state index in [1.54, 1.807) is 0 Å². The Morgan fingerprint density at radius 2 is 2.23 bits per heavy atom. The lowest BCUT2D eigenvalue weighted by Crippen LogP contribution is -2.38. The van der Waals surface area contributed by atoms with Crippen molar-refractivity contribution in [3.63, 3.8) is 0 Å². The molecule has 7 nitrogen and oxygen atoms in total. The van der Waals surface area contributed by atoms with Crippen LogP contribution in [-0.4, -0.2) is 58.0 Å². The summed E-state index contributed by atoms with van der Waals surface area (Å²) in [7, 11) is 0. The van der Waals surface area contributed by atoms with E-state index in [2.05, 4.69) is 15.3 Å². The number of carboxylic acid groups (broad SMARTS) is 1. The number of carbonyl (C=O) groups is 2. The van der Waals surface area contributed by atoms with Gasteiger partial charge in [0.05, 0.1) is 17.0 Å².